The normalized spacial score (nSPS) is 15.7. The molecule has 1 unspecified atom stereocenters. The van der Waals surface area contributed by atoms with E-state index in [1.54, 1.807) is 25.3 Å². The van der Waals surface area contributed by atoms with Crippen molar-refractivity contribution in [3.05, 3.63) is 101 Å². The van der Waals surface area contributed by atoms with Crippen LogP contribution in [0.25, 0.3) is 0 Å². The van der Waals surface area contributed by atoms with E-state index in [4.69, 9.17) is 4.74 Å². The lowest BCUT2D eigenvalue weighted by molar-refractivity contribution is -0.134. The highest BCUT2D eigenvalue weighted by atomic mass is 19.1. The number of benzene rings is 3. The number of methoxy groups -OCH3 is 1. The molecular formula is C26H26FN3O2. The Labute approximate surface area is 187 Å². The first-order valence-electron chi connectivity index (χ1n) is 10.6. The number of nitrogens with zero attached hydrogens (tertiary/aromatic N) is 3. The van der Waals surface area contributed by atoms with Gasteiger partial charge in [0.1, 0.15) is 11.6 Å². The quantitative estimate of drug-likeness (QED) is 0.547. The van der Waals surface area contributed by atoms with Crippen LogP contribution in [0.15, 0.2) is 84.0 Å². The zero-order valence-electron chi connectivity index (χ0n) is 18.2. The summed E-state index contributed by atoms with van der Waals surface area (Å²) in [5, 5.41) is 6.09. The van der Waals surface area contributed by atoms with Gasteiger partial charge in [-0.15, -0.1) is 0 Å². The number of halogens is 1. The van der Waals surface area contributed by atoms with E-state index >= 15 is 0 Å². The maximum Gasteiger partial charge on any atom is 0.257 e. The Hall–Kier alpha value is -3.51. The second kappa shape index (κ2) is 9.75. The highest BCUT2D eigenvalue weighted by Crippen LogP contribution is 2.34. The number of carbonyl (C=O) groups excluding carboxylic acids is 1. The molecule has 0 saturated heterocycles. The van der Waals surface area contributed by atoms with E-state index in [0.29, 0.717) is 24.2 Å². The lowest BCUT2D eigenvalue weighted by Gasteiger charge is -2.25. The van der Waals surface area contributed by atoms with Gasteiger partial charge in [0.2, 0.25) is 0 Å². The second-order valence-electron chi connectivity index (χ2n) is 7.92. The van der Waals surface area contributed by atoms with Gasteiger partial charge in [-0.2, -0.15) is 5.10 Å². The van der Waals surface area contributed by atoms with Crippen molar-refractivity contribution >= 4 is 11.6 Å². The fourth-order valence-corrected chi connectivity index (χ4v) is 3.94. The Kier molecular flexibility index (Phi) is 6.61. The van der Waals surface area contributed by atoms with Crippen LogP contribution in [0.1, 0.15) is 29.2 Å². The predicted octanol–water partition coefficient (Wildman–Crippen LogP) is 4.64. The smallest absolute Gasteiger partial charge is 0.257 e. The number of likely N-dealkylation sites (N-methyl/N-ethyl adjacent to an activating group) is 1. The summed E-state index contributed by atoms with van der Waals surface area (Å²) in [7, 11) is 3.52. The van der Waals surface area contributed by atoms with E-state index in [0.717, 1.165) is 16.9 Å². The second-order valence-corrected chi connectivity index (χ2v) is 7.92. The number of hydrogen-bond acceptors (Lipinski definition) is 4. The first-order valence-corrected chi connectivity index (χ1v) is 10.6. The molecule has 1 aliphatic rings. The summed E-state index contributed by atoms with van der Waals surface area (Å²) in [4.78, 5) is 15.2. The van der Waals surface area contributed by atoms with E-state index in [2.05, 4.69) is 5.10 Å². The third-order valence-corrected chi connectivity index (χ3v) is 5.55. The average molecular weight is 432 g/mol. The predicted molar refractivity (Wildman–Crippen MR) is 123 cm³/mol. The molecule has 1 amide bonds. The largest absolute Gasteiger partial charge is 0.497 e. The van der Waals surface area contributed by atoms with Gasteiger partial charge in [-0.1, -0.05) is 60.7 Å². The Morgan fingerprint density at radius 3 is 2.44 bits per heavy atom. The third kappa shape index (κ3) is 4.86. The molecule has 3 aromatic rings. The van der Waals surface area contributed by atoms with Gasteiger partial charge in [-0.05, 0) is 36.4 Å². The standard InChI is InChI=1S/C26H26FN3O2/c1-29(17-19-8-4-3-5-9-19)18-26(31)30-25(20-12-14-21(32-2)15-13-20)16-24(28-30)22-10-6-7-11-23(22)27/h3-15,25H,16-18H2,1-2H3. The zero-order valence-corrected chi connectivity index (χ0v) is 18.2. The number of amides is 1. The van der Waals surface area contributed by atoms with Crippen LogP contribution in [0.2, 0.25) is 0 Å². The maximum absolute atomic E-state index is 14.4. The summed E-state index contributed by atoms with van der Waals surface area (Å²) in [6.45, 7) is 0.854. The zero-order chi connectivity index (χ0) is 22.5. The number of hydrazone groups is 1. The molecule has 0 aliphatic carbocycles. The van der Waals surface area contributed by atoms with Gasteiger partial charge < -0.3 is 4.74 Å². The fraction of sp³-hybridized carbons (Fsp3) is 0.231. The van der Waals surface area contributed by atoms with Gasteiger partial charge in [-0.3, -0.25) is 9.69 Å². The van der Waals surface area contributed by atoms with Crippen LogP contribution in [0.3, 0.4) is 0 Å². The van der Waals surface area contributed by atoms with E-state index in [-0.39, 0.29) is 24.3 Å². The van der Waals surface area contributed by atoms with E-state index in [9.17, 15) is 9.18 Å². The first-order chi connectivity index (χ1) is 15.5. The maximum atomic E-state index is 14.4. The molecule has 0 N–H and O–H groups in total. The molecule has 0 spiro atoms. The van der Waals surface area contributed by atoms with Gasteiger partial charge in [0.15, 0.2) is 0 Å². The monoisotopic (exact) mass is 431 g/mol. The molecule has 1 atom stereocenters. The summed E-state index contributed by atoms with van der Waals surface area (Å²) >= 11 is 0. The Balaban J connectivity index is 1.58. The van der Waals surface area contributed by atoms with E-state index < -0.39 is 0 Å². The van der Waals surface area contributed by atoms with Crippen molar-refractivity contribution in [2.24, 2.45) is 5.10 Å². The van der Waals surface area contributed by atoms with Crippen LogP contribution < -0.4 is 4.74 Å². The first kappa shape index (κ1) is 21.7. The highest BCUT2D eigenvalue weighted by Gasteiger charge is 2.34. The van der Waals surface area contributed by atoms with Crippen molar-refractivity contribution in [3.8, 4) is 5.75 Å². The molecule has 5 nitrogen and oxygen atoms in total. The molecule has 0 bridgehead atoms. The van der Waals surface area contributed by atoms with Crippen molar-refractivity contribution in [3.63, 3.8) is 0 Å². The number of hydrogen-bond donors (Lipinski definition) is 0. The average Bonchev–Trinajstić information content (AvgIpc) is 3.25. The SMILES string of the molecule is COc1ccc(C2CC(c3ccccc3F)=NN2C(=O)CN(C)Cc2ccccc2)cc1. The minimum absolute atomic E-state index is 0.129. The van der Waals surface area contributed by atoms with Gasteiger partial charge in [0, 0.05) is 18.5 Å². The summed E-state index contributed by atoms with van der Waals surface area (Å²) in [5.41, 5.74) is 3.06. The van der Waals surface area contributed by atoms with Crippen molar-refractivity contribution in [1.82, 2.24) is 9.91 Å². The number of ether oxygens (including phenoxy) is 1. The molecule has 1 heterocycles. The summed E-state index contributed by atoms with van der Waals surface area (Å²) in [5.74, 6) is 0.272. The van der Waals surface area contributed by atoms with Gasteiger partial charge in [0.25, 0.3) is 5.91 Å². The van der Waals surface area contributed by atoms with Crippen molar-refractivity contribution in [1.29, 1.82) is 0 Å². The number of carbonyl (C=O) groups is 1. The minimum Gasteiger partial charge on any atom is -0.497 e. The van der Waals surface area contributed by atoms with Crippen molar-refractivity contribution < 1.29 is 13.9 Å². The van der Waals surface area contributed by atoms with Crippen LogP contribution in [0.4, 0.5) is 4.39 Å². The molecule has 0 saturated carbocycles. The molecule has 0 aromatic heterocycles. The molecule has 0 fully saturated rings. The van der Waals surface area contributed by atoms with Crippen LogP contribution >= 0.6 is 0 Å². The Bertz CT molecular complexity index is 1100. The third-order valence-electron chi connectivity index (χ3n) is 5.55. The molecule has 1 aliphatic heterocycles. The van der Waals surface area contributed by atoms with Gasteiger partial charge in [0.05, 0.1) is 25.4 Å². The van der Waals surface area contributed by atoms with E-state index in [1.165, 1.54) is 11.1 Å². The molecular weight excluding hydrogens is 405 g/mol. The topological polar surface area (TPSA) is 45.1 Å². The molecule has 32 heavy (non-hydrogen) atoms. The number of rotatable bonds is 7. The van der Waals surface area contributed by atoms with E-state index in [1.807, 2.05) is 66.5 Å². The Morgan fingerprint density at radius 1 is 1.06 bits per heavy atom. The molecule has 4 rings (SSSR count). The van der Waals surface area contributed by atoms with Gasteiger partial charge in [-0.25, -0.2) is 9.40 Å². The summed E-state index contributed by atoms with van der Waals surface area (Å²) < 4.78 is 19.7. The van der Waals surface area contributed by atoms with Crippen LogP contribution in [-0.4, -0.2) is 42.2 Å². The molecule has 164 valence electrons. The van der Waals surface area contributed by atoms with Crippen LogP contribution in [-0.2, 0) is 11.3 Å². The molecule has 3 aromatic carbocycles. The van der Waals surface area contributed by atoms with Gasteiger partial charge >= 0.3 is 0 Å². The molecule has 6 heteroatoms. The molecule has 0 radical (unpaired) electrons. The van der Waals surface area contributed by atoms with Crippen LogP contribution in [0, 0.1) is 5.82 Å². The highest BCUT2D eigenvalue weighted by molar-refractivity contribution is 6.03. The van der Waals surface area contributed by atoms with Crippen molar-refractivity contribution in [2.45, 2.75) is 19.0 Å². The lowest BCUT2D eigenvalue weighted by Crippen LogP contribution is -2.36. The van der Waals surface area contributed by atoms with Crippen LogP contribution in [0.5, 0.6) is 5.75 Å². The summed E-state index contributed by atoms with van der Waals surface area (Å²) in [6.07, 6.45) is 0.446. The minimum atomic E-state index is -0.338. The lowest BCUT2D eigenvalue weighted by atomic mass is 9.98. The fourth-order valence-electron chi connectivity index (χ4n) is 3.94. The Morgan fingerprint density at radius 2 is 1.75 bits per heavy atom. The summed E-state index contributed by atoms with van der Waals surface area (Å²) in [6, 6.07) is 23.8. The van der Waals surface area contributed by atoms with Crippen molar-refractivity contribution in [2.75, 3.05) is 20.7 Å².